The number of allylic oxidation sites excluding steroid dienone is 3. The van der Waals surface area contributed by atoms with E-state index in [2.05, 4.69) is 13.0 Å². The van der Waals surface area contributed by atoms with Gasteiger partial charge in [0.15, 0.2) is 0 Å². The number of nitrogens with two attached hydrogens (primary N) is 2. The first-order valence-corrected chi connectivity index (χ1v) is 15.8. The van der Waals surface area contributed by atoms with Crippen molar-refractivity contribution in [3.8, 4) is 0 Å². The first-order valence-electron chi connectivity index (χ1n) is 15.8. The number of carboxylic acids is 1. The number of carbonyl (C=O) groups excluding carboxylic acids is 2. The number of benzene rings is 1. The summed E-state index contributed by atoms with van der Waals surface area (Å²) in [5, 5.41) is 31.0. The molecule has 1 aliphatic heterocycles. The number of hydrogen-bond acceptors (Lipinski definition) is 7. The van der Waals surface area contributed by atoms with Crippen LogP contribution in [0.25, 0.3) is 0 Å². The van der Waals surface area contributed by atoms with Crippen LogP contribution in [0.5, 0.6) is 0 Å². The van der Waals surface area contributed by atoms with Crippen LogP contribution in [0.4, 0.5) is 5.69 Å². The molecule has 3 aliphatic carbocycles. The third kappa shape index (κ3) is 5.81. The second kappa shape index (κ2) is 12.5. The Morgan fingerprint density at radius 1 is 1.20 bits per heavy atom. The highest BCUT2D eigenvalue weighted by atomic mass is 16.4. The number of aliphatic imine (C=N–C) groups is 1. The lowest BCUT2D eigenvalue weighted by Crippen LogP contribution is -2.57. The van der Waals surface area contributed by atoms with E-state index < -0.39 is 29.4 Å². The van der Waals surface area contributed by atoms with Crippen LogP contribution in [0.3, 0.4) is 0 Å². The van der Waals surface area contributed by atoms with Gasteiger partial charge in [-0.1, -0.05) is 25.5 Å². The number of likely N-dealkylation sites (tertiary alicyclic amines) is 1. The molecule has 1 heterocycles. The monoisotopic (exact) mass is 606 g/mol. The lowest BCUT2D eigenvalue weighted by Gasteiger charge is -2.60. The number of fused-ring (bicyclic) bond motifs is 3. The topological polar surface area (TPSA) is 180 Å². The molecule has 2 saturated carbocycles. The fourth-order valence-electron chi connectivity index (χ4n) is 9.11. The van der Waals surface area contributed by atoms with E-state index in [1.807, 2.05) is 13.0 Å². The predicted octanol–water partition coefficient (Wildman–Crippen LogP) is 3.69. The molecule has 3 unspecified atom stereocenters. The van der Waals surface area contributed by atoms with E-state index in [1.54, 1.807) is 24.4 Å². The van der Waals surface area contributed by atoms with Gasteiger partial charge in [-0.05, 0) is 116 Å². The van der Waals surface area contributed by atoms with E-state index in [4.69, 9.17) is 16.5 Å². The predicted molar refractivity (Wildman–Crippen MR) is 167 cm³/mol. The number of primary amides is 1. The second-order valence-corrected chi connectivity index (χ2v) is 13.8. The first kappa shape index (κ1) is 31.9. The third-order valence-electron chi connectivity index (χ3n) is 11.0. The van der Waals surface area contributed by atoms with Crippen LogP contribution in [0.1, 0.15) is 82.0 Å². The number of carbonyl (C=O) groups is 3. The highest BCUT2D eigenvalue weighted by molar-refractivity contribution is 6.11. The van der Waals surface area contributed by atoms with Gasteiger partial charge >= 0.3 is 5.97 Å². The molecule has 5 rings (SSSR count). The van der Waals surface area contributed by atoms with Gasteiger partial charge in [0, 0.05) is 18.7 Å². The van der Waals surface area contributed by atoms with E-state index >= 15 is 0 Å². The van der Waals surface area contributed by atoms with Crippen LogP contribution in [-0.2, 0) is 9.59 Å². The Kier molecular flexibility index (Phi) is 9.05. The summed E-state index contributed by atoms with van der Waals surface area (Å²) in [5.74, 6) is -1.49. The van der Waals surface area contributed by atoms with Crippen LogP contribution in [0.15, 0.2) is 52.7 Å². The van der Waals surface area contributed by atoms with Gasteiger partial charge < -0.3 is 31.7 Å². The largest absolute Gasteiger partial charge is 0.481 e. The van der Waals surface area contributed by atoms with Crippen molar-refractivity contribution in [2.24, 2.45) is 45.0 Å². The number of hydrogen-bond donors (Lipinski definition) is 5. The molecule has 10 nitrogen and oxygen atoms in total. The van der Waals surface area contributed by atoms with Gasteiger partial charge in [0.2, 0.25) is 5.91 Å². The number of aliphatic hydroxyl groups is 2. The molecular weight excluding hydrogens is 560 g/mol. The molecule has 7 N–H and O–H groups in total. The van der Waals surface area contributed by atoms with Gasteiger partial charge in [0.1, 0.15) is 6.04 Å². The number of carboxylic acid groups (broad SMARTS) is 1. The fourth-order valence-corrected chi connectivity index (χ4v) is 9.11. The molecule has 238 valence electrons. The van der Waals surface area contributed by atoms with E-state index in [-0.39, 0.29) is 42.1 Å². The highest BCUT2D eigenvalue weighted by Crippen LogP contribution is 2.63. The summed E-state index contributed by atoms with van der Waals surface area (Å²) in [6.07, 6.45) is 8.21. The molecule has 44 heavy (non-hydrogen) atoms. The minimum atomic E-state index is -0.861. The molecule has 10 heteroatoms. The van der Waals surface area contributed by atoms with Crippen LogP contribution >= 0.6 is 0 Å². The molecule has 7 atom stereocenters. The Bertz CT molecular complexity index is 1400. The summed E-state index contributed by atoms with van der Waals surface area (Å²) in [5.41, 5.74) is 14.6. The van der Waals surface area contributed by atoms with Crippen molar-refractivity contribution in [1.29, 1.82) is 0 Å². The average molecular weight is 607 g/mol. The Labute approximate surface area is 258 Å². The van der Waals surface area contributed by atoms with Crippen molar-refractivity contribution in [2.45, 2.75) is 83.8 Å². The molecule has 1 saturated heterocycles. The molecular formula is C34H46N4O6. The summed E-state index contributed by atoms with van der Waals surface area (Å²) in [7, 11) is 0. The van der Waals surface area contributed by atoms with Crippen LogP contribution in [-0.4, -0.2) is 69.0 Å². The van der Waals surface area contributed by atoms with Crippen LogP contribution in [0, 0.1) is 28.6 Å². The molecule has 2 amide bonds. The fraction of sp³-hybridized carbons (Fsp3) is 0.588. The summed E-state index contributed by atoms with van der Waals surface area (Å²) < 4.78 is 0. The smallest absolute Gasteiger partial charge is 0.303 e. The molecule has 0 radical (unpaired) electrons. The summed E-state index contributed by atoms with van der Waals surface area (Å²) in [6.45, 7) is 4.72. The molecule has 1 aromatic carbocycles. The number of rotatable bonds is 8. The Morgan fingerprint density at radius 3 is 2.66 bits per heavy atom. The summed E-state index contributed by atoms with van der Waals surface area (Å²) in [4.78, 5) is 43.5. The maximum Gasteiger partial charge on any atom is 0.303 e. The van der Waals surface area contributed by atoms with Gasteiger partial charge in [-0.2, -0.15) is 0 Å². The molecule has 3 fully saturated rings. The van der Waals surface area contributed by atoms with Crippen molar-refractivity contribution < 1.29 is 29.7 Å². The van der Waals surface area contributed by atoms with Crippen LogP contribution in [0.2, 0.25) is 0 Å². The maximum absolute atomic E-state index is 13.3. The highest BCUT2D eigenvalue weighted by Gasteiger charge is 2.59. The van der Waals surface area contributed by atoms with Crippen LogP contribution < -0.4 is 11.5 Å². The Morgan fingerprint density at radius 2 is 1.98 bits per heavy atom. The molecule has 1 aromatic rings. The average Bonchev–Trinajstić information content (AvgIpc) is 3.46. The zero-order valence-corrected chi connectivity index (χ0v) is 25.7. The standard InChI is InChI=1S/C34H46N4O6/c1-33(18-29(41)42)17-28(40)30-24(25(33)8-5-13-39)11-10-22-15-26(21(19-35)16-34(22,30)2)37-23-7-3-6-20(14-23)32(44)38-12-4-9-27(38)31(36)43/h3,6-7,14-15,19,24-25,27-28,30,39-40H,4-5,8-13,16-18,35H2,1-2H3,(H2,36,43)(H,41,42)/t24-,25?,27+,28?,30?,33+,34-/m0/s1. The minimum Gasteiger partial charge on any atom is -0.481 e. The van der Waals surface area contributed by atoms with Crippen molar-refractivity contribution in [1.82, 2.24) is 4.90 Å². The van der Waals surface area contributed by atoms with E-state index in [9.17, 15) is 29.7 Å². The van der Waals surface area contributed by atoms with Gasteiger partial charge in [0.05, 0.1) is 23.9 Å². The minimum absolute atomic E-state index is 0.00391. The lowest BCUT2D eigenvalue weighted by atomic mass is 9.45. The molecule has 4 aliphatic rings. The second-order valence-electron chi connectivity index (χ2n) is 13.8. The number of aliphatic carboxylic acids is 1. The normalized spacial score (nSPS) is 35.2. The van der Waals surface area contributed by atoms with Crippen molar-refractivity contribution in [2.75, 3.05) is 13.2 Å². The van der Waals surface area contributed by atoms with E-state index in [0.717, 1.165) is 37.0 Å². The van der Waals surface area contributed by atoms with Gasteiger partial charge in [-0.3, -0.25) is 14.4 Å². The van der Waals surface area contributed by atoms with Crippen molar-refractivity contribution >= 4 is 29.2 Å². The Balaban J connectivity index is 1.46. The zero-order chi connectivity index (χ0) is 31.8. The third-order valence-corrected chi connectivity index (χ3v) is 11.0. The van der Waals surface area contributed by atoms with E-state index in [0.29, 0.717) is 43.5 Å². The maximum atomic E-state index is 13.3. The zero-order valence-electron chi connectivity index (χ0n) is 25.7. The summed E-state index contributed by atoms with van der Waals surface area (Å²) in [6, 6.07) is 6.45. The molecule has 0 bridgehead atoms. The number of amides is 2. The van der Waals surface area contributed by atoms with Gasteiger partial charge in [-0.15, -0.1) is 0 Å². The quantitative estimate of drug-likeness (QED) is 0.299. The number of aliphatic hydroxyl groups excluding tert-OH is 2. The van der Waals surface area contributed by atoms with Crippen molar-refractivity contribution in [3.05, 3.63) is 53.3 Å². The number of nitrogens with zero attached hydrogens (tertiary/aromatic N) is 2. The lowest BCUT2D eigenvalue weighted by molar-refractivity contribution is -0.154. The van der Waals surface area contributed by atoms with E-state index in [1.165, 1.54) is 10.5 Å². The first-order chi connectivity index (χ1) is 20.9. The molecule has 0 spiro atoms. The van der Waals surface area contributed by atoms with Gasteiger partial charge in [0.25, 0.3) is 5.91 Å². The SMILES string of the molecule is C[C@]1(CC(=O)O)CC(O)C2[C@@H](CCC3=CC(=Nc4cccc(C(=O)N5CCC[C@@H]5C(N)=O)c4)C(=CN)C[C@@]32C)C1CCCO. The molecule has 0 aromatic heterocycles. The Hall–Kier alpha value is -3.50. The van der Waals surface area contributed by atoms with Gasteiger partial charge in [-0.25, -0.2) is 4.99 Å². The summed E-state index contributed by atoms with van der Waals surface area (Å²) >= 11 is 0. The van der Waals surface area contributed by atoms with Crippen molar-refractivity contribution in [3.63, 3.8) is 0 Å².